The van der Waals surface area contributed by atoms with Crippen LogP contribution in [0.5, 0.6) is 0 Å². The van der Waals surface area contributed by atoms with E-state index in [0.717, 1.165) is 12.6 Å². The standard InChI is InChI=1S/C11H16F3N3/c1-3-15-7-8-17(2)10-9(11(12,13)14)5-4-6-16-10/h4-6,15H,3,7-8H2,1-2H3. The molecule has 1 aromatic heterocycles. The van der Waals surface area contributed by atoms with Crippen LogP contribution in [0.1, 0.15) is 12.5 Å². The molecule has 6 heteroatoms. The van der Waals surface area contributed by atoms with E-state index in [4.69, 9.17) is 0 Å². The van der Waals surface area contributed by atoms with E-state index < -0.39 is 11.7 Å². The Morgan fingerprint density at radius 1 is 1.41 bits per heavy atom. The van der Waals surface area contributed by atoms with E-state index in [1.165, 1.54) is 17.2 Å². The lowest BCUT2D eigenvalue weighted by Crippen LogP contribution is -2.31. The highest BCUT2D eigenvalue weighted by Crippen LogP contribution is 2.34. The van der Waals surface area contributed by atoms with Crippen LogP contribution in [-0.2, 0) is 6.18 Å². The average Bonchev–Trinajstić information content (AvgIpc) is 2.28. The minimum atomic E-state index is -4.37. The number of nitrogens with zero attached hydrogens (tertiary/aromatic N) is 2. The number of likely N-dealkylation sites (N-methyl/N-ethyl adjacent to an activating group) is 2. The van der Waals surface area contributed by atoms with Gasteiger partial charge in [-0.1, -0.05) is 6.92 Å². The first-order valence-electron chi connectivity index (χ1n) is 5.41. The zero-order valence-electron chi connectivity index (χ0n) is 9.88. The Balaban J connectivity index is 2.82. The maximum Gasteiger partial charge on any atom is 0.419 e. The van der Waals surface area contributed by atoms with E-state index in [0.29, 0.717) is 13.1 Å². The number of halogens is 3. The molecule has 0 atom stereocenters. The van der Waals surface area contributed by atoms with Gasteiger partial charge in [0.2, 0.25) is 0 Å². The first-order chi connectivity index (χ1) is 7.96. The van der Waals surface area contributed by atoms with Crippen LogP contribution in [0.2, 0.25) is 0 Å². The molecule has 0 bridgehead atoms. The SMILES string of the molecule is CCNCCN(C)c1ncccc1C(F)(F)F. The van der Waals surface area contributed by atoms with Crippen LogP contribution in [0.25, 0.3) is 0 Å². The molecular weight excluding hydrogens is 231 g/mol. The molecule has 0 fully saturated rings. The van der Waals surface area contributed by atoms with E-state index in [-0.39, 0.29) is 5.82 Å². The molecule has 0 radical (unpaired) electrons. The molecule has 1 aromatic rings. The first-order valence-corrected chi connectivity index (χ1v) is 5.41. The summed E-state index contributed by atoms with van der Waals surface area (Å²) in [5, 5.41) is 3.06. The van der Waals surface area contributed by atoms with Gasteiger partial charge in [-0.2, -0.15) is 13.2 Å². The summed E-state index contributed by atoms with van der Waals surface area (Å²) < 4.78 is 38.1. The molecule has 0 unspecified atom stereocenters. The van der Waals surface area contributed by atoms with Crippen molar-refractivity contribution in [3.05, 3.63) is 23.9 Å². The Bertz CT molecular complexity index is 352. The van der Waals surface area contributed by atoms with Crippen LogP contribution in [0.15, 0.2) is 18.3 Å². The second-order valence-electron chi connectivity index (χ2n) is 3.65. The topological polar surface area (TPSA) is 28.2 Å². The van der Waals surface area contributed by atoms with Crippen molar-refractivity contribution in [2.75, 3.05) is 31.6 Å². The highest BCUT2D eigenvalue weighted by atomic mass is 19.4. The van der Waals surface area contributed by atoms with Crippen molar-refractivity contribution in [2.45, 2.75) is 13.1 Å². The van der Waals surface area contributed by atoms with Crippen LogP contribution in [-0.4, -0.2) is 31.7 Å². The number of nitrogens with one attached hydrogen (secondary N) is 1. The molecule has 0 spiro atoms. The van der Waals surface area contributed by atoms with Crippen molar-refractivity contribution < 1.29 is 13.2 Å². The van der Waals surface area contributed by atoms with Crippen molar-refractivity contribution in [1.29, 1.82) is 0 Å². The Morgan fingerprint density at radius 2 is 2.12 bits per heavy atom. The highest BCUT2D eigenvalue weighted by molar-refractivity contribution is 5.47. The zero-order valence-corrected chi connectivity index (χ0v) is 9.88. The van der Waals surface area contributed by atoms with Gasteiger partial charge in [0.25, 0.3) is 0 Å². The molecule has 96 valence electrons. The fourth-order valence-electron chi connectivity index (χ4n) is 1.45. The zero-order chi connectivity index (χ0) is 12.9. The number of aromatic nitrogens is 1. The van der Waals surface area contributed by atoms with Crippen LogP contribution in [0, 0.1) is 0 Å². The Hall–Kier alpha value is -1.30. The number of hydrogen-bond acceptors (Lipinski definition) is 3. The molecule has 1 rings (SSSR count). The van der Waals surface area contributed by atoms with Gasteiger partial charge in [0.05, 0.1) is 5.56 Å². The summed E-state index contributed by atoms with van der Waals surface area (Å²) in [7, 11) is 1.61. The third-order valence-electron chi connectivity index (χ3n) is 2.33. The lowest BCUT2D eigenvalue weighted by atomic mass is 10.2. The van der Waals surface area contributed by atoms with E-state index in [1.807, 2.05) is 6.92 Å². The summed E-state index contributed by atoms with van der Waals surface area (Å²) >= 11 is 0. The number of hydrogen-bond donors (Lipinski definition) is 1. The summed E-state index contributed by atoms with van der Waals surface area (Å²) in [5.41, 5.74) is -0.695. The van der Waals surface area contributed by atoms with E-state index >= 15 is 0 Å². The quantitative estimate of drug-likeness (QED) is 0.808. The molecule has 0 amide bonds. The van der Waals surface area contributed by atoms with Gasteiger partial charge in [0, 0.05) is 26.3 Å². The monoisotopic (exact) mass is 247 g/mol. The number of anilines is 1. The molecule has 0 aliphatic carbocycles. The number of alkyl halides is 3. The third kappa shape index (κ3) is 3.89. The van der Waals surface area contributed by atoms with Gasteiger partial charge in [0.1, 0.15) is 5.82 Å². The fourth-order valence-corrected chi connectivity index (χ4v) is 1.45. The summed E-state index contributed by atoms with van der Waals surface area (Å²) in [6.07, 6.45) is -3.00. The van der Waals surface area contributed by atoms with Gasteiger partial charge >= 0.3 is 6.18 Å². The van der Waals surface area contributed by atoms with Gasteiger partial charge in [-0.3, -0.25) is 0 Å². The molecule has 0 aromatic carbocycles. The largest absolute Gasteiger partial charge is 0.419 e. The summed E-state index contributed by atoms with van der Waals surface area (Å²) in [4.78, 5) is 5.31. The van der Waals surface area contributed by atoms with Crippen molar-refractivity contribution >= 4 is 5.82 Å². The normalized spacial score (nSPS) is 11.6. The van der Waals surface area contributed by atoms with E-state index in [2.05, 4.69) is 10.3 Å². The van der Waals surface area contributed by atoms with Crippen LogP contribution in [0.4, 0.5) is 19.0 Å². The summed E-state index contributed by atoms with van der Waals surface area (Å²) in [6.45, 7) is 3.85. The van der Waals surface area contributed by atoms with Gasteiger partial charge in [-0.15, -0.1) is 0 Å². The predicted molar refractivity (Wildman–Crippen MR) is 61.1 cm³/mol. The van der Waals surface area contributed by atoms with Crippen molar-refractivity contribution in [2.24, 2.45) is 0 Å². The fraction of sp³-hybridized carbons (Fsp3) is 0.545. The Labute approximate surface area is 98.6 Å². The molecule has 1 N–H and O–H groups in total. The highest BCUT2D eigenvalue weighted by Gasteiger charge is 2.34. The number of rotatable bonds is 5. The molecule has 0 aliphatic rings. The molecular formula is C11H16F3N3. The second kappa shape index (κ2) is 5.86. The van der Waals surface area contributed by atoms with Gasteiger partial charge in [-0.25, -0.2) is 4.98 Å². The molecule has 3 nitrogen and oxygen atoms in total. The summed E-state index contributed by atoms with van der Waals surface area (Å²) in [6, 6.07) is 2.34. The average molecular weight is 247 g/mol. The number of pyridine rings is 1. The summed E-state index contributed by atoms with van der Waals surface area (Å²) in [5.74, 6) is -0.0297. The van der Waals surface area contributed by atoms with Crippen LogP contribution >= 0.6 is 0 Å². The predicted octanol–water partition coefficient (Wildman–Crippen LogP) is 2.15. The maximum absolute atomic E-state index is 12.7. The van der Waals surface area contributed by atoms with Crippen molar-refractivity contribution in [1.82, 2.24) is 10.3 Å². The van der Waals surface area contributed by atoms with Crippen molar-refractivity contribution in [3.63, 3.8) is 0 Å². The lowest BCUT2D eigenvalue weighted by molar-refractivity contribution is -0.137. The molecule has 17 heavy (non-hydrogen) atoms. The molecule has 0 aliphatic heterocycles. The lowest BCUT2D eigenvalue weighted by Gasteiger charge is -2.22. The van der Waals surface area contributed by atoms with Crippen LogP contribution < -0.4 is 10.2 Å². The smallest absolute Gasteiger partial charge is 0.358 e. The van der Waals surface area contributed by atoms with Crippen LogP contribution in [0.3, 0.4) is 0 Å². The minimum Gasteiger partial charge on any atom is -0.358 e. The molecule has 0 saturated heterocycles. The molecule has 1 heterocycles. The minimum absolute atomic E-state index is 0.0297. The van der Waals surface area contributed by atoms with Gasteiger partial charge < -0.3 is 10.2 Å². The third-order valence-corrected chi connectivity index (χ3v) is 2.33. The van der Waals surface area contributed by atoms with Gasteiger partial charge in [0.15, 0.2) is 0 Å². The first kappa shape index (κ1) is 13.8. The van der Waals surface area contributed by atoms with Gasteiger partial charge in [-0.05, 0) is 18.7 Å². The Morgan fingerprint density at radius 3 is 2.71 bits per heavy atom. The van der Waals surface area contributed by atoms with E-state index in [9.17, 15) is 13.2 Å². The Kier molecular flexibility index (Phi) is 4.74. The van der Waals surface area contributed by atoms with E-state index in [1.54, 1.807) is 7.05 Å². The second-order valence-corrected chi connectivity index (χ2v) is 3.65. The molecule has 0 saturated carbocycles. The maximum atomic E-state index is 12.7. The van der Waals surface area contributed by atoms with Crippen molar-refractivity contribution in [3.8, 4) is 0 Å².